The predicted molar refractivity (Wildman–Crippen MR) is 110 cm³/mol. The van der Waals surface area contributed by atoms with Crippen molar-refractivity contribution in [2.24, 2.45) is 0 Å². The van der Waals surface area contributed by atoms with Gasteiger partial charge in [0.25, 0.3) is 5.91 Å². The molecule has 5 rings (SSSR count). The summed E-state index contributed by atoms with van der Waals surface area (Å²) in [5.74, 6) is 0.991. The SMILES string of the molecule is Cc1onc(-c2ccccc2Cl)c1C(=O)N1Cc2cnc(N3CCOCC3)nc2C1. The highest BCUT2D eigenvalue weighted by Gasteiger charge is 2.32. The van der Waals surface area contributed by atoms with Gasteiger partial charge in [0.1, 0.15) is 17.0 Å². The number of ether oxygens (including phenoxy) is 1. The number of benzene rings is 1. The van der Waals surface area contributed by atoms with E-state index in [1.807, 2.05) is 24.4 Å². The molecule has 0 atom stereocenters. The molecule has 0 spiro atoms. The number of carbonyl (C=O) groups is 1. The minimum Gasteiger partial charge on any atom is -0.378 e. The zero-order chi connectivity index (χ0) is 20.7. The molecule has 1 saturated heterocycles. The Hall–Kier alpha value is -2.97. The van der Waals surface area contributed by atoms with Crippen LogP contribution in [0.2, 0.25) is 5.02 Å². The summed E-state index contributed by atoms with van der Waals surface area (Å²) in [5, 5.41) is 4.63. The van der Waals surface area contributed by atoms with E-state index in [0.29, 0.717) is 59.9 Å². The molecule has 8 nitrogen and oxygen atoms in total. The van der Waals surface area contributed by atoms with Crippen LogP contribution >= 0.6 is 11.6 Å². The summed E-state index contributed by atoms with van der Waals surface area (Å²) in [4.78, 5) is 26.5. The lowest BCUT2D eigenvalue weighted by molar-refractivity contribution is 0.0749. The van der Waals surface area contributed by atoms with Crippen LogP contribution in [-0.2, 0) is 17.8 Å². The summed E-state index contributed by atoms with van der Waals surface area (Å²) in [6.45, 7) is 5.47. The number of halogens is 1. The Kier molecular flexibility index (Phi) is 4.88. The summed E-state index contributed by atoms with van der Waals surface area (Å²) >= 11 is 6.33. The number of amides is 1. The molecule has 154 valence electrons. The molecule has 9 heteroatoms. The third kappa shape index (κ3) is 3.32. The summed E-state index contributed by atoms with van der Waals surface area (Å²) in [6.07, 6.45) is 1.82. The fourth-order valence-corrected chi connectivity index (χ4v) is 4.05. The van der Waals surface area contributed by atoms with Crippen molar-refractivity contribution in [1.82, 2.24) is 20.0 Å². The van der Waals surface area contributed by atoms with Crippen molar-refractivity contribution >= 4 is 23.5 Å². The Morgan fingerprint density at radius 1 is 1.17 bits per heavy atom. The Balaban J connectivity index is 1.41. The van der Waals surface area contributed by atoms with Crippen molar-refractivity contribution in [3.63, 3.8) is 0 Å². The number of fused-ring (bicyclic) bond motifs is 1. The van der Waals surface area contributed by atoms with Crippen molar-refractivity contribution in [2.75, 3.05) is 31.2 Å². The second kappa shape index (κ2) is 7.70. The number of morpholine rings is 1. The highest BCUT2D eigenvalue weighted by atomic mass is 35.5. The molecule has 0 radical (unpaired) electrons. The van der Waals surface area contributed by atoms with E-state index < -0.39 is 0 Å². The van der Waals surface area contributed by atoms with Gasteiger partial charge in [-0.05, 0) is 13.0 Å². The quantitative estimate of drug-likeness (QED) is 0.637. The van der Waals surface area contributed by atoms with Crippen LogP contribution in [0.5, 0.6) is 0 Å². The minimum atomic E-state index is -0.158. The first-order valence-corrected chi connectivity index (χ1v) is 10.2. The van der Waals surface area contributed by atoms with Crippen LogP contribution in [0.1, 0.15) is 27.4 Å². The number of hydrogen-bond acceptors (Lipinski definition) is 7. The number of aromatic nitrogens is 3. The first-order chi connectivity index (χ1) is 14.6. The van der Waals surface area contributed by atoms with E-state index in [1.165, 1.54) is 0 Å². The normalized spacial score (nSPS) is 16.1. The van der Waals surface area contributed by atoms with Crippen LogP contribution in [0.3, 0.4) is 0 Å². The van der Waals surface area contributed by atoms with Crippen molar-refractivity contribution in [2.45, 2.75) is 20.0 Å². The molecule has 1 fully saturated rings. The lowest BCUT2D eigenvalue weighted by atomic mass is 10.1. The Morgan fingerprint density at radius 3 is 2.77 bits per heavy atom. The number of hydrogen-bond donors (Lipinski definition) is 0. The van der Waals surface area contributed by atoms with E-state index in [9.17, 15) is 4.79 Å². The highest BCUT2D eigenvalue weighted by Crippen LogP contribution is 2.33. The first-order valence-electron chi connectivity index (χ1n) is 9.80. The maximum Gasteiger partial charge on any atom is 0.260 e. The fourth-order valence-electron chi connectivity index (χ4n) is 3.82. The summed E-state index contributed by atoms with van der Waals surface area (Å²) in [6, 6.07) is 7.29. The predicted octanol–water partition coefficient (Wildman–Crippen LogP) is 3.09. The number of nitrogens with zero attached hydrogens (tertiary/aromatic N) is 5. The standard InChI is InChI=1S/C21H20ClN5O3/c1-13-18(19(25-30-13)15-4-2-3-5-16(15)22)20(28)27-11-14-10-23-21(24-17(14)12-27)26-6-8-29-9-7-26/h2-5,10H,6-9,11-12H2,1H3. The average Bonchev–Trinajstić information content (AvgIpc) is 3.37. The van der Waals surface area contributed by atoms with Crippen molar-refractivity contribution in [3.8, 4) is 11.3 Å². The van der Waals surface area contributed by atoms with Gasteiger partial charge in [0.15, 0.2) is 0 Å². The van der Waals surface area contributed by atoms with Crippen LogP contribution in [0.15, 0.2) is 35.0 Å². The molecule has 0 bridgehead atoms. The maximum absolute atomic E-state index is 13.4. The molecule has 0 aliphatic carbocycles. The van der Waals surface area contributed by atoms with Crippen LogP contribution in [0, 0.1) is 6.92 Å². The molecule has 1 amide bonds. The summed E-state index contributed by atoms with van der Waals surface area (Å²) in [5.41, 5.74) is 3.38. The molecular formula is C21H20ClN5O3. The summed E-state index contributed by atoms with van der Waals surface area (Å²) in [7, 11) is 0. The number of carbonyl (C=O) groups excluding carboxylic acids is 1. The maximum atomic E-state index is 13.4. The zero-order valence-electron chi connectivity index (χ0n) is 16.5. The van der Waals surface area contributed by atoms with Crippen LogP contribution < -0.4 is 4.90 Å². The van der Waals surface area contributed by atoms with E-state index in [1.54, 1.807) is 17.9 Å². The van der Waals surface area contributed by atoms with Gasteiger partial charge < -0.3 is 19.1 Å². The topological polar surface area (TPSA) is 84.6 Å². The Bertz CT molecular complexity index is 1110. The van der Waals surface area contributed by atoms with Gasteiger partial charge in [-0.25, -0.2) is 9.97 Å². The van der Waals surface area contributed by atoms with Crippen molar-refractivity contribution < 1.29 is 14.1 Å². The van der Waals surface area contributed by atoms with E-state index in [0.717, 1.165) is 24.3 Å². The second-order valence-electron chi connectivity index (χ2n) is 7.34. The molecule has 3 aromatic rings. The Morgan fingerprint density at radius 2 is 1.97 bits per heavy atom. The number of anilines is 1. The number of aryl methyl sites for hydroxylation is 1. The molecule has 0 unspecified atom stereocenters. The number of rotatable bonds is 3. The third-order valence-electron chi connectivity index (χ3n) is 5.43. The van der Waals surface area contributed by atoms with Gasteiger partial charge >= 0.3 is 0 Å². The van der Waals surface area contributed by atoms with Crippen molar-refractivity contribution in [1.29, 1.82) is 0 Å². The molecule has 30 heavy (non-hydrogen) atoms. The van der Waals surface area contributed by atoms with Gasteiger partial charge in [0.2, 0.25) is 5.95 Å². The molecule has 1 aromatic carbocycles. The van der Waals surface area contributed by atoms with Gasteiger partial charge in [0.05, 0.1) is 30.5 Å². The molecule has 2 aliphatic rings. The van der Waals surface area contributed by atoms with Gasteiger partial charge in [0, 0.05) is 37.0 Å². The third-order valence-corrected chi connectivity index (χ3v) is 5.76. The lowest BCUT2D eigenvalue weighted by Crippen LogP contribution is -2.37. The second-order valence-corrected chi connectivity index (χ2v) is 7.75. The molecule has 2 aliphatic heterocycles. The zero-order valence-corrected chi connectivity index (χ0v) is 17.2. The molecular weight excluding hydrogens is 406 g/mol. The van der Waals surface area contributed by atoms with Crippen LogP contribution in [0.25, 0.3) is 11.3 Å². The monoisotopic (exact) mass is 425 g/mol. The molecule has 4 heterocycles. The smallest absolute Gasteiger partial charge is 0.260 e. The van der Waals surface area contributed by atoms with Crippen LogP contribution in [0.4, 0.5) is 5.95 Å². The first kappa shape index (κ1) is 19.0. The van der Waals surface area contributed by atoms with E-state index >= 15 is 0 Å². The van der Waals surface area contributed by atoms with E-state index in [4.69, 9.17) is 25.8 Å². The fraction of sp³-hybridized carbons (Fsp3) is 0.333. The van der Waals surface area contributed by atoms with E-state index in [-0.39, 0.29) is 5.91 Å². The largest absolute Gasteiger partial charge is 0.378 e. The van der Waals surface area contributed by atoms with Crippen LogP contribution in [-0.4, -0.2) is 52.2 Å². The summed E-state index contributed by atoms with van der Waals surface area (Å²) < 4.78 is 10.8. The van der Waals surface area contributed by atoms with Gasteiger partial charge in [-0.15, -0.1) is 0 Å². The Labute approximate surface area is 178 Å². The average molecular weight is 426 g/mol. The molecule has 2 aromatic heterocycles. The van der Waals surface area contributed by atoms with Gasteiger partial charge in [-0.2, -0.15) is 0 Å². The highest BCUT2D eigenvalue weighted by molar-refractivity contribution is 6.33. The van der Waals surface area contributed by atoms with Crippen molar-refractivity contribution in [3.05, 3.63) is 58.1 Å². The van der Waals surface area contributed by atoms with Gasteiger partial charge in [-0.3, -0.25) is 4.79 Å². The van der Waals surface area contributed by atoms with E-state index in [2.05, 4.69) is 15.0 Å². The minimum absolute atomic E-state index is 0.158. The molecule has 0 saturated carbocycles. The molecule has 0 N–H and O–H groups in total. The van der Waals surface area contributed by atoms with Gasteiger partial charge in [-0.1, -0.05) is 35.0 Å². The lowest BCUT2D eigenvalue weighted by Gasteiger charge is -2.26.